The second kappa shape index (κ2) is 7.55. The van der Waals surface area contributed by atoms with Gasteiger partial charge in [0.1, 0.15) is 17.2 Å². The van der Waals surface area contributed by atoms with Gasteiger partial charge in [0.15, 0.2) is 0 Å². The van der Waals surface area contributed by atoms with Crippen molar-refractivity contribution >= 4 is 0 Å². The van der Waals surface area contributed by atoms with E-state index in [-0.39, 0.29) is 0 Å². The van der Waals surface area contributed by atoms with E-state index in [4.69, 9.17) is 14.2 Å². The Hall–Kier alpha value is -1.42. The van der Waals surface area contributed by atoms with E-state index in [0.717, 1.165) is 12.0 Å². The molecule has 0 radical (unpaired) electrons. The van der Waals surface area contributed by atoms with Gasteiger partial charge in [-0.15, -0.1) is 0 Å². The zero-order valence-corrected chi connectivity index (χ0v) is 13.2. The molecule has 0 heterocycles. The molecular formula is C17H26O4. The second-order valence-corrected chi connectivity index (χ2v) is 5.70. The third-order valence-electron chi connectivity index (χ3n) is 4.37. The lowest BCUT2D eigenvalue weighted by Crippen LogP contribution is -2.12. The molecule has 1 aromatic carbocycles. The van der Waals surface area contributed by atoms with Crippen LogP contribution in [0.2, 0.25) is 0 Å². The van der Waals surface area contributed by atoms with Crippen LogP contribution >= 0.6 is 0 Å². The van der Waals surface area contributed by atoms with Gasteiger partial charge in [-0.3, -0.25) is 0 Å². The van der Waals surface area contributed by atoms with Gasteiger partial charge in [0.2, 0.25) is 0 Å². The van der Waals surface area contributed by atoms with Crippen LogP contribution in [0.1, 0.15) is 50.2 Å². The van der Waals surface area contributed by atoms with Crippen molar-refractivity contribution < 1.29 is 19.3 Å². The molecule has 0 aromatic heterocycles. The Kier molecular flexibility index (Phi) is 5.74. The highest BCUT2D eigenvalue weighted by molar-refractivity contribution is 5.51. The van der Waals surface area contributed by atoms with E-state index in [1.807, 2.05) is 0 Å². The fourth-order valence-corrected chi connectivity index (χ4v) is 3.22. The number of aliphatic hydroxyl groups excluding tert-OH is 1. The molecule has 2 rings (SSSR count). The maximum Gasteiger partial charge on any atom is 0.132 e. The van der Waals surface area contributed by atoms with Crippen LogP contribution in [0.5, 0.6) is 17.2 Å². The molecule has 1 saturated carbocycles. The van der Waals surface area contributed by atoms with Crippen LogP contribution in [-0.4, -0.2) is 26.4 Å². The summed E-state index contributed by atoms with van der Waals surface area (Å²) in [5.74, 6) is 2.49. The van der Waals surface area contributed by atoms with E-state index < -0.39 is 6.10 Å². The quantitative estimate of drug-likeness (QED) is 0.868. The smallest absolute Gasteiger partial charge is 0.132 e. The number of hydrogen-bond donors (Lipinski definition) is 1. The maximum absolute atomic E-state index is 10.7. The van der Waals surface area contributed by atoms with Gasteiger partial charge in [-0.05, 0) is 12.3 Å². The van der Waals surface area contributed by atoms with E-state index in [0.29, 0.717) is 23.2 Å². The van der Waals surface area contributed by atoms with Crippen LogP contribution in [0.4, 0.5) is 0 Å². The summed E-state index contributed by atoms with van der Waals surface area (Å²) in [5.41, 5.74) is 0.728. The Morgan fingerprint density at radius 3 is 2.05 bits per heavy atom. The molecule has 1 fully saturated rings. The van der Waals surface area contributed by atoms with E-state index in [2.05, 4.69) is 0 Å². The first-order valence-corrected chi connectivity index (χ1v) is 7.67. The summed E-state index contributed by atoms with van der Waals surface area (Å²) >= 11 is 0. The van der Waals surface area contributed by atoms with Crippen molar-refractivity contribution in [3.05, 3.63) is 17.7 Å². The molecule has 0 spiro atoms. The van der Waals surface area contributed by atoms with Gasteiger partial charge in [0, 0.05) is 12.1 Å². The molecule has 1 aliphatic rings. The van der Waals surface area contributed by atoms with Crippen LogP contribution < -0.4 is 14.2 Å². The Morgan fingerprint density at radius 2 is 1.57 bits per heavy atom. The van der Waals surface area contributed by atoms with Crippen molar-refractivity contribution in [2.45, 2.75) is 44.6 Å². The lowest BCUT2D eigenvalue weighted by molar-refractivity contribution is 0.125. The highest BCUT2D eigenvalue weighted by Crippen LogP contribution is 2.42. The molecule has 1 unspecified atom stereocenters. The molecule has 1 aromatic rings. The largest absolute Gasteiger partial charge is 0.496 e. The normalized spacial score (nSPS) is 17.3. The topological polar surface area (TPSA) is 47.9 Å². The van der Waals surface area contributed by atoms with Crippen molar-refractivity contribution in [1.29, 1.82) is 0 Å². The van der Waals surface area contributed by atoms with E-state index >= 15 is 0 Å². The van der Waals surface area contributed by atoms with Gasteiger partial charge in [0.05, 0.1) is 33.0 Å². The Balaban J connectivity index is 2.23. The monoisotopic (exact) mass is 294 g/mol. The number of rotatable bonds is 6. The molecule has 0 amide bonds. The highest BCUT2D eigenvalue weighted by atomic mass is 16.5. The van der Waals surface area contributed by atoms with Gasteiger partial charge in [-0.25, -0.2) is 0 Å². The lowest BCUT2D eigenvalue weighted by Gasteiger charge is -2.26. The number of methoxy groups -OCH3 is 3. The van der Waals surface area contributed by atoms with Crippen molar-refractivity contribution in [3.8, 4) is 17.2 Å². The van der Waals surface area contributed by atoms with E-state index in [1.54, 1.807) is 33.5 Å². The summed E-state index contributed by atoms with van der Waals surface area (Å²) < 4.78 is 16.1. The first-order valence-electron chi connectivity index (χ1n) is 7.67. The van der Waals surface area contributed by atoms with Gasteiger partial charge in [-0.2, -0.15) is 0 Å². The molecule has 21 heavy (non-hydrogen) atoms. The fraction of sp³-hybridized carbons (Fsp3) is 0.647. The van der Waals surface area contributed by atoms with Gasteiger partial charge in [0.25, 0.3) is 0 Å². The molecule has 0 bridgehead atoms. The highest BCUT2D eigenvalue weighted by Gasteiger charge is 2.24. The minimum atomic E-state index is -0.566. The molecule has 4 heteroatoms. The van der Waals surface area contributed by atoms with Crippen LogP contribution in [0.15, 0.2) is 12.1 Å². The van der Waals surface area contributed by atoms with Gasteiger partial charge >= 0.3 is 0 Å². The molecule has 0 aliphatic heterocycles. The maximum atomic E-state index is 10.7. The van der Waals surface area contributed by atoms with Crippen molar-refractivity contribution in [1.82, 2.24) is 0 Å². The summed E-state index contributed by atoms with van der Waals surface area (Å²) in [4.78, 5) is 0. The molecule has 118 valence electrons. The fourth-order valence-electron chi connectivity index (χ4n) is 3.22. The summed E-state index contributed by atoms with van der Waals surface area (Å²) in [7, 11) is 4.81. The van der Waals surface area contributed by atoms with Gasteiger partial charge < -0.3 is 19.3 Å². The lowest BCUT2D eigenvalue weighted by atomic mass is 9.84. The number of benzene rings is 1. The number of aliphatic hydroxyl groups is 1. The van der Waals surface area contributed by atoms with Crippen LogP contribution in [-0.2, 0) is 0 Å². The summed E-state index contributed by atoms with van der Waals surface area (Å²) in [5, 5.41) is 10.7. The average Bonchev–Trinajstić information content (AvgIpc) is 2.54. The summed E-state index contributed by atoms with van der Waals surface area (Å²) in [6.07, 6.45) is 6.47. The Bertz CT molecular complexity index is 427. The predicted octanol–water partition coefficient (Wildman–Crippen LogP) is 3.72. The van der Waals surface area contributed by atoms with Gasteiger partial charge in [-0.1, -0.05) is 32.1 Å². The standard InChI is InChI=1S/C17H26O4/c1-19-13-10-15(20-2)17(16(11-13)21-3)14(18)9-12-7-5-4-6-8-12/h10-12,14,18H,4-9H2,1-3H3. The third-order valence-corrected chi connectivity index (χ3v) is 4.37. The molecule has 1 atom stereocenters. The van der Waals surface area contributed by atoms with E-state index in [1.165, 1.54) is 32.1 Å². The SMILES string of the molecule is COc1cc(OC)c(C(O)CC2CCCCC2)c(OC)c1. The first-order chi connectivity index (χ1) is 10.2. The number of ether oxygens (including phenoxy) is 3. The zero-order chi connectivity index (χ0) is 15.2. The Morgan fingerprint density at radius 1 is 1.00 bits per heavy atom. The van der Waals surface area contributed by atoms with Crippen molar-refractivity contribution in [2.75, 3.05) is 21.3 Å². The van der Waals surface area contributed by atoms with Crippen molar-refractivity contribution in [3.63, 3.8) is 0 Å². The first kappa shape index (κ1) is 16.0. The average molecular weight is 294 g/mol. The van der Waals surface area contributed by atoms with Crippen LogP contribution in [0.3, 0.4) is 0 Å². The van der Waals surface area contributed by atoms with E-state index in [9.17, 15) is 5.11 Å². The Labute approximate surface area is 127 Å². The predicted molar refractivity (Wildman–Crippen MR) is 82.2 cm³/mol. The third kappa shape index (κ3) is 3.82. The number of hydrogen-bond acceptors (Lipinski definition) is 4. The molecule has 0 saturated heterocycles. The minimum absolute atomic E-state index is 0.566. The van der Waals surface area contributed by atoms with Crippen LogP contribution in [0.25, 0.3) is 0 Å². The minimum Gasteiger partial charge on any atom is -0.496 e. The summed E-state index contributed by atoms with van der Waals surface area (Å²) in [6.45, 7) is 0. The molecule has 1 N–H and O–H groups in total. The summed E-state index contributed by atoms with van der Waals surface area (Å²) in [6, 6.07) is 3.59. The molecular weight excluding hydrogens is 268 g/mol. The van der Waals surface area contributed by atoms with Crippen molar-refractivity contribution in [2.24, 2.45) is 5.92 Å². The zero-order valence-electron chi connectivity index (χ0n) is 13.2. The van der Waals surface area contributed by atoms with Crippen LogP contribution in [0, 0.1) is 5.92 Å². The molecule has 4 nitrogen and oxygen atoms in total. The second-order valence-electron chi connectivity index (χ2n) is 5.70. The molecule has 1 aliphatic carbocycles.